The van der Waals surface area contributed by atoms with Gasteiger partial charge in [-0.1, -0.05) is 0 Å². The Bertz CT molecular complexity index is 669. The Morgan fingerprint density at radius 3 is 2.82 bits per heavy atom. The molecule has 2 saturated heterocycles. The van der Waals surface area contributed by atoms with E-state index in [1.807, 2.05) is 0 Å². The molecule has 8 heteroatoms. The van der Waals surface area contributed by atoms with Gasteiger partial charge in [-0.05, 0) is 43.7 Å². The summed E-state index contributed by atoms with van der Waals surface area (Å²) in [5.41, 5.74) is 0.613. The van der Waals surface area contributed by atoms with Gasteiger partial charge >= 0.3 is 5.97 Å². The fraction of sp³-hybridized carbons (Fsp3) is 0.643. The maximum Gasteiger partial charge on any atom is 0.349 e. The van der Waals surface area contributed by atoms with Crippen molar-refractivity contribution in [2.45, 2.75) is 43.2 Å². The number of sulfonamides is 1. The topological polar surface area (TPSA) is 75.7 Å². The summed E-state index contributed by atoms with van der Waals surface area (Å²) in [6.45, 7) is 3.24. The van der Waals surface area contributed by atoms with Gasteiger partial charge in [0.15, 0.2) is 0 Å². The minimum atomic E-state index is -3.69. The molecule has 2 bridgehead atoms. The maximum absolute atomic E-state index is 13.2. The van der Waals surface area contributed by atoms with Crippen LogP contribution >= 0.6 is 11.3 Å². The highest BCUT2D eigenvalue weighted by Gasteiger charge is 2.45. The molecule has 2 aliphatic rings. The Morgan fingerprint density at radius 2 is 2.09 bits per heavy atom. The van der Waals surface area contributed by atoms with Crippen LogP contribution in [0.4, 0.5) is 0 Å². The number of methoxy groups -OCH3 is 1. The van der Waals surface area contributed by atoms with Gasteiger partial charge in [0.2, 0.25) is 10.0 Å². The molecule has 6 nitrogen and oxygen atoms in total. The molecule has 0 spiro atoms. The normalized spacial score (nSPS) is 25.9. The molecule has 2 aliphatic heterocycles. The van der Waals surface area contributed by atoms with Gasteiger partial charge in [0.1, 0.15) is 9.77 Å². The summed E-state index contributed by atoms with van der Waals surface area (Å²) in [6.07, 6.45) is 2.57. The van der Waals surface area contributed by atoms with Gasteiger partial charge in [-0.15, -0.1) is 11.3 Å². The minimum Gasteiger partial charge on any atom is -0.465 e. The van der Waals surface area contributed by atoms with Crippen molar-refractivity contribution in [1.82, 2.24) is 9.62 Å². The van der Waals surface area contributed by atoms with Gasteiger partial charge in [0.05, 0.1) is 7.11 Å². The molecule has 0 amide bonds. The lowest BCUT2D eigenvalue weighted by Gasteiger charge is -2.27. The summed E-state index contributed by atoms with van der Waals surface area (Å²) in [7, 11) is -2.42. The third kappa shape index (κ3) is 2.47. The zero-order valence-electron chi connectivity index (χ0n) is 12.7. The van der Waals surface area contributed by atoms with Crippen LogP contribution in [0, 0.1) is 6.92 Å². The third-order valence-corrected chi connectivity index (χ3v) is 7.81. The first-order chi connectivity index (χ1) is 10.5. The molecule has 0 saturated carbocycles. The van der Waals surface area contributed by atoms with E-state index in [2.05, 4.69) is 5.32 Å². The Balaban J connectivity index is 2.07. The first-order valence-corrected chi connectivity index (χ1v) is 9.69. The lowest BCUT2D eigenvalue weighted by atomic mass is 10.1. The smallest absolute Gasteiger partial charge is 0.349 e. The van der Waals surface area contributed by atoms with E-state index in [4.69, 9.17) is 4.74 Å². The summed E-state index contributed by atoms with van der Waals surface area (Å²) < 4.78 is 32.8. The van der Waals surface area contributed by atoms with Crippen LogP contribution in [0.25, 0.3) is 0 Å². The number of esters is 1. The minimum absolute atomic E-state index is 0.0230. The average Bonchev–Trinajstić information content (AvgIpc) is 2.98. The lowest BCUT2D eigenvalue weighted by molar-refractivity contribution is 0.0602. The molecule has 2 unspecified atom stereocenters. The third-order valence-electron chi connectivity index (χ3n) is 4.41. The number of carbonyl (C=O) groups is 1. The SMILES string of the molecule is COC(=O)c1scc(C)c1S(=O)(=O)N1C2CCNCC1CC2. The number of thiophene rings is 1. The number of rotatable bonds is 3. The second kappa shape index (κ2) is 5.92. The van der Waals surface area contributed by atoms with Crippen LogP contribution < -0.4 is 5.32 Å². The predicted molar refractivity (Wildman–Crippen MR) is 83.7 cm³/mol. The van der Waals surface area contributed by atoms with E-state index < -0.39 is 16.0 Å². The van der Waals surface area contributed by atoms with Crippen LogP contribution in [0.5, 0.6) is 0 Å². The standard InChI is InChI=1S/C14H20N2O4S2/c1-9-8-21-12(14(17)20-2)13(9)22(18,19)16-10-3-4-11(16)7-15-6-5-10/h8,10-11,15H,3-7H2,1-2H3. The van der Waals surface area contributed by atoms with Crippen molar-refractivity contribution in [3.05, 3.63) is 15.8 Å². The van der Waals surface area contributed by atoms with E-state index in [1.165, 1.54) is 7.11 Å². The fourth-order valence-electron chi connectivity index (χ4n) is 3.42. The number of aryl methyl sites for hydroxylation is 1. The Morgan fingerprint density at radius 1 is 1.36 bits per heavy atom. The molecular weight excluding hydrogens is 324 g/mol. The van der Waals surface area contributed by atoms with Crippen LogP contribution in [-0.2, 0) is 14.8 Å². The van der Waals surface area contributed by atoms with E-state index in [0.29, 0.717) is 12.1 Å². The zero-order valence-corrected chi connectivity index (χ0v) is 14.3. The van der Waals surface area contributed by atoms with Crippen LogP contribution in [0.1, 0.15) is 34.5 Å². The zero-order chi connectivity index (χ0) is 15.9. The maximum atomic E-state index is 13.2. The second-order valence-electron chi connectivity index (χ2n) is 5.78. The Kier molecular flexibility index (Phi) is 4.28. The van der Waals surface area contributed by atoms with E-state index in [-0.39, 0.29) is 21.9 Å². The summed E-state index contributed by atoms with van der Waals surface area (Å²) in [4.78, 5) is 12.2. The number of fused-ring (bicyclic) bond motifs is 2. The van der Waals surface area contributed by atoms with Gasteiger partial charge in [-0.25, -0.2) is 13.2 Å². The predicted octanol–water partition coefficient (Wildman–Crippen LogP) is 1.36. The van der Waals surface area contributed by atoms with Crippen LogP contribution in [0.3, 0.4) is 0 Å². The Labute approximate surface area is 134 Å². The van der Waals surface area contributed by atoms with Gasteiger partial charge in [-0.2, -0.15) is 4.31 Å². The highest BCUT2D eigenvalue weighted by molar-refractivity contribution is 7.89. The number of carbonyl (C=O) groups excluding carboxylic acids is 1. The Hall–Kier alpha value is -0.960. The molecule has 3 heterocycles. The molecule has 0 aromatic carbocycles. The van der Waals surface area contributed by atoms with Crippen LogP contribution in [-0.4, -0.2) is 51.0 Å². The molecule has 3 rings (SSSR count). The summed E-state index contributed by atoms with van der Waals surface area (Å²) in [5.74, 6) is -0.586. The van der Waals surface area contributed by atoms with E-state index in [0.717, 1.165) is 37.1 Å². The van der Waals surface area contributed by atoms with Gasteiger partial charge < -0.3 is 10.1 Å². The highest BCUT2D eigenvalue weighted by Crippen LogP contribution is 2.37. The van der Waals surface area contributed by atoms with E-state index >= 15 is 0 Å². The molecule has 1 aromatic heterocycles. The van der Waals surface area contributed by atoms with Crippen molar-refractivity contribution in [3.8, 4) is 0 Å². The molecule has 1 N–H and O–H groups in total. The number of nitrogens with zero attached hydrogens (tertiary/aromatic N) is 1. The van der Waals surface area contributed by atoms with E-state index in [1.54, 1.807) is 16.6 Å². The van der Waals surface area contributed by atoms with Crippen LogP contribution in [0.2, 0.25) is 0 Å². The van der Waals surface area contributed by atoms with Gasteiger partial charge in [0.25, 0.3) is 0 Å². The molecule has 122 valence electrons. The first kappa shape index (κ1) is 15.9. The summed E-state index contributed by atoms with van der Waals surface area (Å²) in [6, 6.07) is -0.00269. The molecule has 0 radical (unpaired) electrons. The van der Waals surface area contributed by atoms with Crippen molar-refractivity contribution in [1.29, 1.82) is 0 Å². The van der Waals surface area contributed by atoms with Crippen molar-refractivity contribution in [3.63, 3.8) is 0 Å². The first-order valence-electron chi connectivity index (χ1n) is 7.37. The molecule has 0 aliphatic carbocycles. The second-order valence-corrected chi connectivity index (χ2v) is 8.44. The number of ether oxygens (including phenoxy) is 1. The molecule has 2 fully saturated rings. The van der Waals surface area contributed by atoms with Crippen molar-refractivity contribution in [2.24, 2.45) is 0 Å². The number of hydrogen-bond donors (Lipinski definition) is 1. The fourth-order valence-corrected chi connectivity index (χ4v) is 6.99. The van der Waals surface area contributed by atoms with Gasteiger partial charge in [0, 0.05) is 18.6 Å². The van der Waals surface area contributed by atoms with Crippen molar-refractivity contribution >= 4 is 27.3 Å². The quantitative estimate of drug-likeness (QED) is 0.838. The lowest BCUT2D eigenvalue weighted by Crippen LogP contribution is -2.42. The van der Waals surface area contributed by atoms with Gasteiger partial charge in [-0.3, -0.25) is 0 Å². The summed E-state index contributed by atoms with van der Waals surface area (Å²) >= 11 is 1.13. The monoisotopic (exact) mass is 344 g/mol. The number of hydrogen-bond acceptors (Lipinski definition) is 6. The van der Waals surface area contributed by atoms with Crippen LogP contribution in [0.15, 0.2) is 10.3 Å². The molecule has 1 aromatic rings. The van der Waals surface area contributed by atoms with Crippen molar-refractivity contribution < 1.29 is 17.9 Å². The van der Waals surface area contributed by atoms with E-state index in [9.17, 15) is 13.2 Å². The highest BCUT2D eigenvalue weighted by atomic mass is 32.2. The van der Waals surface area contributed by atoms with Crippen molar-refractivity contribution in [2.75, 3.05) is 20.2 Å². The average molecular weight is 344 g/mol. The molecule has 22 heavy (non-hydrogen) atoms. The molecular formula is C14H20N2O4S2. The number of nitrogens with one attached hydrogen (secondary N) is 1. The molecule has 2 atom stereocenters. The summed E-state index contributed by atoms with van der Waals surface area (Å²) in [5, 5.41) is 5.00. The largest absolute Gasteiger partial charge is 0.465 e.